The lowest BCUT2D eigenvalue weighted by Gasteiger charge is -2.29. The number of ether oxygens (including phenoxy) is 1. The number of morpholine rings is 1. The molecule has 1 N–H and O–H groups in total. The molecule has 0 aromatic heterocycles. The summed E-state index contributed by atoms with van der Waals surface area (Å²) in [6, 6.07) is 17.2. The number of carbonyl (C=O) groups excluding carboxylic acids is 1. The third-order valence-electron chi connectivity index (χ3n) is 8.07. The Morgan fingerprint density at radius 3 is 2.13 bits per heavy atom. The minimum Gasteiger partial charge on any atom is -0.378 e. The van der Waals surface area contributed by atoms with E-state index in [2.05, 4.69) is 5.32 Å². The van der Waals surface area contributed by atoms with Crippen molar-refractivity contribution in [1.29, 1.82) is 0 Å². The van der Waals surface area contributed by atoms with Crippen LogP contribution in [0, 0.1) is 29.4 Å². The first-order valence-electron chi connectivity index (χ1n) is 13.1. The van der Waals surface area contributed by atoms with Crippen LogP contribution in [0.15, 0.2) is 71.6 Å². The molecule has 3 fully saturated rings. The molecule has 2 heterocycles. The van der Waals surface area contributed by atoms with E-state index >= 15 is 0 Å². The van der Waals surface area contributed by atoms with Gasteiger partial charge >= 0.3 is 0 Å². The summed E-state index contributed by atoms with van der Waals surface area (Å²) in [5.41, 5.74) is 2.36. The van der Waals surface area contributed by atoms with Crippen molar-refractivity contribution in [2.75, 3.05) is 50.8 Å². The maximum atomic E-state index is 14.7. The van der Waals surface area contributed by atoms with Gasteiger partial charge in [0.15, 0.2) is 0 Å². The highest BCUT2D eigenvalue weighted by molar-refractivity contribution is 7.89. The summed E-state index contributed by atoms with van der Waals surface area (Å²) in [6.45, 7) is 3.58. The zero-order valence-electron chi connectivity index (χ0n) is 21.2. The number of nitrogens with zero attached hydrogens (tertiary/aromatic N) is 2. The highest BCUT2D eigenvalue weighted by Gasteiger charge is 2.57. The van der Waals surface area contributed by atoms with Gasteiger partial charge in [0.25, 0.3) is 5.91 Å². The van der Waals surface area contributed by atoms with Crippen molar-refractivity contribution in [3.63, 3.8) is 0 Å². The minimum atomic E-state index is -3.63. The number of nitrogens with one attached hydrogen (secondary N) is 1. The molecule has 1 aliphatic carbocycles. The second kappa shape index (κ2) is 10.3. The second-order valence-electron chi connectivity index (χ2n) is 10.3. The molecule has 204 valence electrons. The predicted octanol–water partition coefficient (Wildman–Crippen LogP) is 3.76. The molecule has 6 rings (SSSR count). The van der Waals surface area contributed by atoms with E-state index in [-0.39, 0.29) is 39.9 Å². The number of carbonyl (C=O) groups is 1. The van der Waals surface area contributed by atoms with Crippen LogP contribution in [0.25, 0.3) is 11.1 Å². The molecule has 0 bridgehead atoms. The molecule has 0 spiro atoms. The summed E-state index contributed by atoms with van der Waals surface area (Å²) in [5.74, 6) is -0.496. The summed E-state index contributed by atoms with van der Waals surface area (Å²) in [6.07, 6.45) is 0. The molecule has 1 saturated carbocycles. The van der Waals surface area contributed by atoms with Crippen LogP contribution in [0.5, 0.6) is 0 Å². The molecule has 1 amide bonds. The Morgan fingerprint density at radius 1 is 0.897 bits per heavy atom. The second-order valence-corrected chi connectivity index (χ2v) is 12.3. The third kappa shape index (κ3) is 5.16. The van der Waals surface area contributed by atoms with Crippen LogP contribution in [0.3, 0.4) is 0 Å². The normalized spacial score (nSPS) is 22.9. The number of rotatable bonds is 7. The molecule has 2 saturated heterocycles. The van der Waals surface area contributed by atoms with E-state index in [1.54, 1.807) is 48.5 Å². The molecule has 0 radical (unpaired) electrons. The fraction of sp³-hybridized carbons (Fsp3) is 0.345. The van der Waals surface area contributed by atoms with E-state index in [4.69, 9.17) is 4.74 Å². The van der Waals surface area contributed by atoms with Gasteiger partial charge in [-0.1, -0.05) is 24.3 Å². The van der Waals surface area contributed by atoms with Gasteiger partial charge in [-0.05, 0) is 71.3 Å². The third-order valence-corrected chi connectivity index (χ3v) is 9.91. The first kappa shape index (κ1) is 25.9. The number of hydrogen-bond donors (Lipinski definition) is 1. The number of fused-ring (bicyclic) bond motifs is 1. The van der Waals surface area contributed by atoms with E-state index in [1.807, 2.05) is 4.90 Å². The van der Waals surface area contributed by atoms with Gasteiger partial charge in [-0.3, -0.25) is 4.79 Å². The SMILES string of the molecule is O=C(NCC1C2CN(S(=O)(=O)c3ccc(-c4ccc(F)cc4)cc3)CC12)c1ccc(N2CCOCC2)c(F)c1. The van der Waals surface area contributed by atoms with E-state index in [0.717, 1.165) is 11.1 Å². The van der Waals surface area contributed by atoms with E-state index in [0.29, 0.717) is 51.6 Å². The smallest absolute Gasteiger partial charge is 0.251 e. The Morgan fingerprint density at radius 2 is 1.51 bits per heavy atom. The predicted molar refractivity (Wildman–Crippen MR) is 143 cm³/mol. The van der Waals surface area contributed by atoms with Crippen LogP contribution in [0.4, 0.5) is 14.5 Å². The molecule has 39 heavy (non-hydrogen) atoms. The average Bonchev–Trinajstić information content (AvgIpc) is 3.39. The molecular weight excluding hydrogens is 524 g/mol. The molecular formula is C29H29F2N3O4S. The Balaban J connectivity index is 1.02. The van der Waals surface area contributed by atoms with Crippen LogP contribution >= 0.6 is 0 Å². The number of piperidine rings is 1. The van der Waals surface area contributed by atoms with Crippen molar-refractivity contribution < 1.29 is 26.7 Å². The van der Waals surface area contributed by atoms with Gasteiger partial charge in [0.1, 0.15) is 11.6 Å². The average molecular weight is 554 g/mol. The quantitative estimate of drug-likeness (QED) is 0.482. The van der Waals surface area contributed by atoms with Gasteiger partial charge < -0.3 is 15.0 Å². The maximum Gasteiger partial charge on any atom is 0.251 e. The molecule has 10 heteroatoms. The van der Waals surface area contributed by atoms with Crippen molar-refractivity contribution in [3.05, 3.63) is 83.9 Å². The summed E-state index contributed by atoms with van der Waals surface area (Å²) >= 11 is 0. The van der Waals surface area contributed by atoms with Crippen molar-refractivity contribution in [2.24, 2.45) is 17.8 Å². The van der Waals surface area contributed by atoms with Gasteiger partial charge in [-0.15, -0.1) is 0 Å². The minimum absolute atomic E-state index is 0.194. The largest absolute Gasteiger partial charge is 0.378 e. The Labute approximate surface area is 226 Å². The summed E-state index contributed by atoms with van der Waals surface area (Å²) in [4.78, 5) is 14.8. The molecule has 2 atom stereocenters. The Bertz CT molecular complexity index is 1460. The first-order valence-corrected chi connectivity index (χ1v) is 14.5. The van der Waals surface area contributed by atoms with Gasteiger partial charge in [0.2, 0.25) is 10.0 Å². The zero-order chi connectivity index (χ0) is 27.1. The fourth-order valence-corrected chi connectivity index (χ4v) is 7.26. The van der Waals surface area contributed by atoms with Gasteiger partial charge in [-0.2, -0.15) is 4.31 Å². The van der Waals surface area contributed by atoms with Crippen LogP contribution < -0.4 is 10.2 Å². The van der Waals surface area contributed by atoms with Gasteiger partial charge in [0, 0.05) is 38.3 Å². The van der Waals surface area contributed by atoms with Crippen molar-refractivity contribution in [1.82, 2.24) is 9.62 Å². The van der Waals surface area contributed by atoms with Crippen LogP contribution in [0.2, 0.25) is 0 Å². The molecule has 7 nitrogen and oxygen atoms in total. The van der Waals surface area contributed by atoms with Gasteiger partial charge in [-0.25, -0.2) is 17.2 Å². The number of amides is 1. The lowest BCUT2D eigenvalue weighted by Crippen LogP contribution is -2.37. The van der Waals surface area contributed by atoms with Crippen molar-refractivity contribution in [3.8, 4) is 11.1 Å². The van der Waals surface area contributed by atoms with Gasteiger partial charge in [0.05, 0.1) is 23.8 Å². The van der Waals surface area contributed by atoms with Crippen LogP contribution in [-0.2, 0) is 14.8 Å². The number of sulfonamides is 1. The van der Waals surface area contributed by atoms with Crippen LogP contribution in [-0.4, -0.2) is 64.6 Å². The molecule has 2 unspecified atom stereocenters. The zero-order valence-corrected chi connectivity index (χ0v) is 22.0. The number of hydrogen-bond acceptors (Lipinski definition) is 5. The fourth-order valence-electron chi connectivity index (χ4n) is 5.74. The topological polar surface area (TPSA) is 79.0 Å². The van der Waals surface area contributed by atoms with Crippen molar-refractivity contribution in [2.45, 2.75) is 4.90 Å². The Kier molecular flexibility index (Phi) is 6.86. The van der Waals surface area contributed by atoms with E-state index in [1.165, 1.54) is 22.5 Å². The summed E-state index contributed by atoms with van der Waals surface area (Å²) in [7, 11) is -3.63. The van der Waals surface area contributed by atoms with E-state index in [9.17, 15) is 22.0 Å². The molecule has 3 aliphatic rings. The van der Waals surface area contributed by atoms with Crippen molar-refractivity contribution >= 4 is 21.6 Å². The number of anilines is 1. The lowest BCUT2D eigenvalue weighted by atomic mass is 10.1. The molecule has 2 aliphatic heterocycles. The lowest BCUT2D eigenvalue weighted by molar-refractivity contribution is 0.0949. The summed E-state index contributed by atoms with van der Waals surface area (Å²) < 4.78 is 61.0. The maximum absolute atomic E-state index is 14.7. The monoisotopic (exact) mass is 553 g/mol. The summed E-state index contributed by atoms with van der Waals surface area (Å²) in [5, 5.41) is 2.90. The highest BCUT2D eigenvalue weighted by Crippen LogP contribution is 2.52. The number of halogens is 2. The number of benzene rings is 3. The molecule has 3 aromatic rings. The van der Waals surface area contributed by atoms with E-state index < -0.39 is 15.8 Å². The first-order chi connectivity index (χ1) is 18.8. The molecule has 3 aromatic carbocycles. The van der Waals surface area contributed by atoms with Crippen LogP contribution in [0.1, 0.15) is 10.4 Å². The highest BCUT2D eigenvalue weighted by atomic mass is 32.2. The standard InChI is InChI=1S/C29H29F2N3O4S/c30-22-6-1-19(2-7-22)20-3-8-23(9-4-20)39(36,37)34-17-25-24(26(25)18-34)16-32-29(35)21-5-10-28(27(31)15-21)33-11-13-38-14-12-33/h1-10,15,24-26H,11-14,16-18H2,(H,32,35). The Hall–Kier alpha value is -3.34.